The summed E-state index contributed by atoms with van der Waals surface area (Å²) in [6.07, 6.45) is -0.561. The Labute approximate surface area is 102 Å². The number of carbonyl (C=O) groups is 1. The van der Waals surface area contributed by atoms with Crippen LogP contribution in [0.2, 0.25) is 0 Å². The predicted octanol–water partition coefficient (Wildman–Crippen LogP) is 0.698. The summed E-state index contributed by atoms with van der Waals surface area (Å²) in [7, 11) is 1.47. The molecule has 0 aliphatic heterocycles. The number of rotatable bonds is 5. The van der Waals surface area contributed by atoms with Crippen LogP contribution in [0.5, 0.6) is 0 Å². The minimum absolute atomic E-state index is 0. The van der Waals surface area contributed by atoms with Gasteiger partial charge in [-0.1, -0.05) is 30.3 Å². The van der Waals surface area contributed by atoms with Gasteiger partial charge in [0, 0.05) is 20.2 Å². The largest absolute Gasteiger partial charge is 0.370 e. The zero-order valence-electron chi connectivity index (χ0n) is 9.18. The number of hydrogen-bond acceptors (Lipinski definition) is 3. The van der Waals surface area contributed by atoms with Gasteiger partial charge in [0.2, 0.25) is 0 Å². The molecule has 1 unspecified atom stereocenters. The third-order valence-corrected chi connectivity index (χ3v) is 2.10. The highest BCUT2D eigenvalue weighted by atomic mass is 35.5. The van der Waals surface area contributed by atoms with Gasteiger partial charge >= 0.3 is 0 Å². The van der Waals surface area contributed by atoms with Crippen molar-refractivity contribution >= 4 is 18.3 Å². The molecule has 1 aromatic carbocycles. The van der Waals surface area contributed by atoms with Crippen LogP contribution in [0.1, 0.15) is 5.56 Å². The topological polar surface area (TPSA) is 64.3 Å². The first kappa shape index (κ1) is 14.9. The zero-order chi connectivity index (χ0) is 11.1. The monoisotopic (exact) mass is 244 g/mol. The fraction of sp³-hybridized carbons (Fsp3) is 0.364. The molecule has 0 saturated carbocycles. The fourth-order valence-electron chi connectivity index (χ4n) is 1.21. The van der Waals surface area contributed by atoms with E-state index in [0.29, 0.717) is 6.54 Å². The Balaban J connectivity index is 0.00000225. The molecule has 90 valence electrons. The molecule has 0 saturated heterocycles. The smallest absolute Gasteiger partial charge is 0.250 e. The van der Waals surface area contributed by atoms with Crippen molar-refractivity contribution in [1.29, 1.82) is 0 Å². The van der Waals surface area contributed by atoms with Crippen molar-refractivity contribution in [3.63, 3.8) is 0 Å². The van der Waals surface area contributed by atoms with E-state index >= 15 is 0 Å². The van der Waals surface area contributed by atoms with Gasteiger partial charge in [0.25, 0.3) is 5.91 Å². The molecular formula is C11H17ClN2O2. The normalized spacial score (nSPS) is 11.4. The molecule has 0 aliphatic rings. The third-order valence-electron chi connectivity index (χ3n) is 2.10. The summed E-state index contributed by atoms with van der Waals surface area (Å²) in [6, 6.07) is 9.69. The molecule has 16 heavy (non-hydrogen) atoms. The van der Waals surface area contributed by atoms with Gasteiger partial charge in [-0.15, -0.1) is 12.4 Å². The molecule has 5 heteroatoms. The first-order chi connectivity index (χ1) is 7.27. The summed E-state index contributed by atoms with van der Waals surface area (Å²) in [5.74, 6) is -0.177. The lowest BCUT2D eigenvalue weighted by Crippen LogP contribution is -2.40. The Morgan fingerprint density at radius 3 is 2.56 bits per heavy atom. The van der Waals surface area contributed by atoms with Crippen LogP contribution in [0.4, 0.5) is 0 Å². The van der Waals surface area contributed by atoms with Crippen LogP contribution in [0, 0.1) is 0 Å². The lowest BCUT2D eigenvalue weighted by atomic mass is 10.2. The summed E-state index contributed by atoms with van der Waals surface area (Å²) in [6.45, 7) is 0.691. The lowest BCUT2D eigenvalue weighted by molar-refractivity contribution is -0.130. The van der Waals surface area contributed by atoms with Gasteiger partial charge in [0.1, 0.15) is 6.10 Å². The second-order valence-electron chi connectivity index (χ2n) is 3.16. The van der Waals surface area contributed by atoms with E-state index in [1.165, 1.54) is 7.11 Å². The Bertz CT molecular complexity index is 302. The maximum Gasteiger partial charge on any atom is 0.250 e. The number of benzene rings is 1. The number of carbonyl (C=O) groups excluding carboxylic acids is 1. The highest BCUT2D eigenvalue weighted by Crippen LogP contribution is 1.97. The van der Waals surface area contributed by atoms with Crippen molar-refractivity contribution in [2.45, 2.75) is 12.6 Å². The van der Waals surface area contributed by atoms with Crippen LogP contribution in [-0.4, -0.2) is 25.7 Å². The van der Waals surface area contributed by atoms with Crippen molar-refractivity contribution in [3.05, 3.63) is 35.9 Å². The van der Waals surface area contributed by atoms with Gasteiger partial charge in [-0.25, -0.2) is 0 Å². The molecule has 0 aliphatic carbocycles. The minimum Gasteiger partial charge on any atom is -0.370 e. The Kier molecular flexibility index (Phi) is 7.54. The first-order valence-electron chi connectivity index (χ1n) is 4.82. The Morgan fingerprint density at radius 2 is 2.06 bits per heavy atom. The Hall–Kier alpha value is -1.10. The average molecular weight is 245 g/mol. The van der Waals surface area contributed by atoms with Crippen molar-refractivity contribution in [2.75, 3.05) is 13.7 Å². The molecule has 0 fully saturated rings. The number of halogens is 1. The SMILES string of the molecule is COC(CN)C(=O)NCc1ccccc1.Cl. The molecule has 0 aromatic heterocycles. The van der Waals surface area contributed by atoms with E-state index in [2.05, 4.69) is 5.32 Å². The molecule has 4 nitrogen and oxygen atoms in total. The fourth-order valence-corrected chi connectivity index (χ4v) is 1.21. The van der Waals surface area contributed by atoms with Gasteiger partial charge < -0.3 is 15.8 Å². The van der Waals surface area contributed by atoms with Gasteiger partial charge in [-0.3, -0.25) is 4.79 Å². The molecule has 0 heterocycles. The Morgan fingerprint density at radius 1 is 1.44 bits per heavy atom. The number of nitrogens with two attached hydrogens (primary N) is 1. The average Bonchev–Trinajstić information content (AvgIpc) is 2.29. The maximum atomic E-state index is 11.5. The number of hydrogen-bond donors (Lipinski definition) is 2. The molecule has 1 aromatic rings. The predicted molar refractivity (Wildman–Crippen MR) is 65.4 cm³/mol. The van der Waals surface area contributed by atoms with E-state index in [1.807, 2.05) is 30.3 Å². The van der Waals surface area contributed by atoms with E-state index in [9.17, 15) is 4.79 Å². The molecular weight excluding hydrogens is 228 g/mol. The number of nitrogens with one attached hydrogen (secondary N) is 1. The summed E-state index contributed by atoms with van der Waals surface area (Å²) < 4.78 is 4.91. The number of ether oxygens (including phenoxy) is 1. The molecule has 0 bridgehead atoms. The highest BCUT2D eigenvalue weighted by molar-refractivity contribution is 5.85. The lowest BCUT2D eigenvalue weighted by Gasteiger charge is -2.12. The second kappa shape index (κ2) is 8.10. The van der Waals surface area contributed by atoms with Crippen molar-refractivity contribution in [3.8, 4) is 0 Å². The molecule has 1 amide bonds. The summed E-state index contributed by atoms with van der Waals surface area (Å²) in [5.41, 5.74) is 6.42. The summed E-state index contributed by atoms with van der Waals surface area (Å²) >= 11 is 0. The van der Waals surface area contributed by atoms with Crippen LogP contribution in [0.25, 0.3) is 0 Å². The molecule has 0 spiro atoms. The van der Waals surface area contributed by atoms with Crippen LogP contribution in [0.3, 0.4) is 0 Å². The van der Waals surface area contributed by atoms with Crippen LogP contribution < -0.4 is 11.1 Å². The van der Waals surface area contributed by atoms with Crippen LogP contribution >= 0.6 is 12.4 Å². The van der Waals surface area contributed by atoms with E-state index < -0.39 is 6.10 Å². The maximum absolute atomic E-state index is 11.5. The van der Waals surface area contributed by atoms with E-state index in [4.69, 9.17) is 10.5 Å². The van der Waals surface area contributed by atoms with Crippen molar-refractivity contribution in [1.82, 2.24) is 5.32 Å². The summed E-state index contributed by atoms with van der Waals surface area (Å²) in [5, 5.41) is 2.76. The van der Waals surface area contributed by atoms with Crippen LogP contribution in [-0.2, 0) is 16.1 Å². The van der Waals surface area contributed by atoms with Crippen molar-refractivity contribution in [2.24, 2.45) is 5.73 Å². The second-order valence-corrected chi connectivity index (χ2v) is 3.16. The zero-order valence-corrected chi connectivity index (χ0v) is 10.00. The van der Waals surface area contributed by atoms with Gasteiger partial charge in [-0.05, 0) is 5.56 Å². The number of methoxy groups -OCH3 is 1. The van der Waals surface area contributed by atoms with Gasteiger partial charge in [-0.2, -0.15) is 0 Å². The first-order valence-corrected chi connectivity index (χ1v) is 4.82. The molecule has 3 N–H and O–H groups in total. The highest BCUT2D eigenvalue weighted by Gasteiger charge is 2.14. The van der Waals surface area contributed by atoms with Gasteiger partial charge in [0.05, 0.1) is 0 Å². The number of amides is 1. The van der Waals surface area contributed by atoms with E-state index in [-0.39, 0.29) is 24.9 Å². The van der Waals surface area contributed by atoms with Crippen LogP contribution in [0.15, 0.2) is 30.3 Å². The summed E-state index contributed by atoms with van der Waals surface area (Å²) in [4.78, 5) is 11.5. The molecule has 0 radical (unpaired) electrons. The van der Waals surface area contributed by atoms with E-state index in [0.717, 1.165) is 5.56 Å². The molecule has 1 rings (SSSR count). The third kappa shape index (κ3) is 4.61. The van der Waals surface area contributed by atoms with Gasteiger partial charge in [0.15, 0.2) is 0 Å². The molecule has 1 atom stereocenters. The quantitative estimate of drug-likeness (QED) is 0.802. The van der Waals surface area contributed by atoms with Crippen molar-refractivity contribution < 1.29 is 9.53 Å². The van der Waals surface area contributed by atoms with E-state index in [1.54, 1.807) is 0 Å². The standard InChI is InChI=1S/C11H16N2O2.ClH/c1-15-10(7-12)11(14)13-8-9-5-3-2-4-6-9;/h2-6,10H,7-8,12H2,1H3,(H,13,14);1H. The minimum atomic E-state index is -0.561.